The molecule has 4 rings (SSSR count). The van der Waals surface area contributed by atoms with Crippen LogP contribution in [0.5, 0.6) is 5.75 Å². The first kappa shape index (κ1) is 18.1. The average Bonchev–Trinajstić information content (AvgIpc) is 2.73. The molecule has 0 saturated heterocycles. The standard InChI is InChI=1S/C22H23N5O/c1-27(2)12-11-23-20-17-13-16(28-3)9-10-19(17)25-22-18(20)14-24-21(26-22)15-7-5-4-6-8-15/h4-10,13-14H,11-12H2,1-3H3,(H,23,24,25,26). The molecule has 0 saturated carbocycles. The number of likely N-dealkylation sites (N-methyl/N-ethyl adjacent to an activating group) is 1. The van der Waals surface area contributed by atoms with E-state index >= 15 is 0 Å². The normalized spacial score (nSPS) is 11.3. The third-order valence-electron chi connectivity index (χ3n) is 4.63. The Bertz CT molecular complexity index is 1110. The zero-order chi connectivity index (χ0) is 19.5. The lowest BCUT2D eigenvalue weighted by Gasteiger charge is -2.16. The van der Waals surface area contributed by atoms with Gasteiger partial charge in [0.05, 0.1) is 23.7 Å². The average molecular weight is 373 g/mol. The highest BCUT2D eigenvalue weighted by molar-refractivity contribution is 6.06. The van der Waals surface area contributed by atoms with Crippen LogP contribution in [0, 0.1) is 0 Å². The first-order valence-corrected chi connectivity index (χ1v) is 9.24. The van der Waals surface area contributed by atoms with Crippen LogP contribution < -0.4 is 10.1 Å². The molecule has 0 aliphatic heterocycles. The van der Waals surface area contributed by atoms with Crippen LogP contribution in [0.2, 0.25) is 0 Å². The van der Waals surface area contributed by atoms with Crippen molar-refractivity contribution in [3.63, 3.8) is 0 Å². The van der Waals surface area contributed by atoms with Gasteiger partial charge in [0.25, 0.3) is 0 Å². The number of hydrogen-bond acceptors (Lipinski definition) is 6. The van der Waals surface area contributed by atoms with Crippen molar-refractivity contribution in [2.45, 2.75) is 0 Å². The zero-order valence-corrected chi connectivity index (χ0v) is 16.3. The molecule has 0 fully saturated rings. The summed E-state index contributed by atoms with van der Waals surface area (Å²) in [6, 6.07) is 15.8. The Balaban J connectivity index is 1.88. The molecule has 2 heterocycles. The molecule has 0 bridgehead atoms. The smallest absolute Gasteiger partial charge is 0.165 e. The van der Waals surface area contributed by atoms with E-state index in [0.29, 0.717) is 11.5 Å². The lowest BCUT2D eigenvalue weighted by atomic mass is 10.1. The molecule has 0 aliphatic carbocycles. The molecular formula is C22H23N5O. The fourth-order valence-electron chi connectivity index (χ4n) is 3.15. The zero-order valence-electron chi connectivity index (χ0n) is 16.3. The van der Waals surface area contributed by atoms with Gasteiger partial charge in [0.2, 0.25) is 0 Å². The summed E-state index contributed by atoms with van der Waals surface area (Å²) in [5.74, 6) is 1.47. The van der Waals surface area contributed by atoms with Crippen molar-refractivity contribution in [3.05, 3.63) is 54.7 Å². The summed E-state index contributed by atoms with van der Waals surface area (Å²) in [6.45, 7) is 1.72. The van der Waals surface area contributed by atoms with E-state index in [1.165, 1.54) is 0 Å². The molecule has 4 aromatic rings. The minimum atomic E-state index is 0.674. The number of aromatic nitrogens is 3. The number of pyridine rings is 1. The molecule has 2 aromatic carbocycles. The van der Waals surface area contributed by atoms with E-state index < -0.39 is 0 Å². The number of rotatable bonds is 6. The van der Waals surface area contributed by atoms with Crippen LogP contribution in [0.15, 0.2) is 54.7 Å². The Morgan fingerprint density at radius 1 is 1.00 bits per heavy atom. The Labute approximate surface area is 164 Å². The molecule has 1 N–H and O–H groups in total. The van der Waals surface area contributed by atoms with Crippen molar-refractivity contribution in [1.29, 1.82) is 0 Å². The van der Waals surface area contributed by atoms with Gasteiger partial charge in [-0.15, -0.1) is 0 Å². The van der Waals surface area contributed by atoms with Gasteiger partial charge in [-0.1, -0.05) is 30.3 Å². The monoisotopic (exact) mass is 373 g/mol. The first-order valence-electron chi connectivity index (χ1n) is 9.24. The van der Waals surface area contributed by atoms with Gasteiger partial charge >= 0.3 is 0 Å². The molecule has 28 heavy (non-hydrogen) atoms. The fraction of sp³-hybridized carbons (Fsp3) is 0.227. The largest absolute Gasteiger partial charge is 0.497 e. The second-order valence-corrected chi connectivity index (χ2v) is 6.90. The number of ether oxygens (including phenoxy) is 1. The van der Waals surface area contributed by atoms with Crippen molar-refractivity contribution in [1.82, 2.24) is 19.9 Å². The van der Waals surface area contributed by atoms with Crippen LogP contribution in [-0.4, -0.2) is 54.1 Å². The maximum absolute atomic E-state index is 5.41. The number of fused-ring (bicyclic) bond motifs is 2. The van der Waals surface area contributed by atoms with Gasteiger partial charge < -0.3 is 15.0 Å². The van der Waals surface area contributed by atoms with E-state index in [2.05, 4.69) is 29.3 Å². The highest BCUT2D eigenvalue weighted by Crippen LogP contribution is 2.32. The Hall–Kier alpha value is -3.25. The summed E-state index contributed by atoms with van der Waals surface area (Å²) in [5.41, 5.74) is 3.51. The van der Waals surface area contributed by atoms with Gasteiger partial charge in [-0.05, 0) is 32.3 Å². The van der Waals surface area contributed by atoms with Crippen molar-refractivity contribution in [3.8, 4) is 17.1 Å². The minimum absolute atomic E-state index is 0.674. The summed E-state index contributed by atoms with van der Waals surface area (Å²) >= 11 is 0. The minimum Gasteiger partial charge on any atom is -0.497 e. The van der Waals surface area contributed by atoms with Gasteiger partial charge in [-0.2, -0.15) is 0 Å². The summed E-state index contributed by atoms with van der Waals surface area (Å²) < 4.78 is 5.41. The van der Waals surface area contributed by atoms with E-state index in [1.54, 1.807) is 7.11 Å². The van der Waals surface area contributed by atoms with Crippen molar-refractivity contribution in [2.24, 2.45) is 0 Å². The van der Waals surface area contributed by atoms with E-state index in [9.17, 15) is 0 Å². The number of nitrogens with one attached hydrogen (secondary N) is 1. The molecule has 0 aliphatic rings. The highest BCUT2D eigenvalue weighted by atomic mass is 16.5. The van der Waals surface area contributed by atoms with Crippen molar-refractivity contribution < 1.29 is 4.74 Å². The topological polar surface area (TPSA) is 63.2 Å². The maximum atomic E-state index is 5.41. The number of nitrogens with zero attached hydrogens (tertiary/aromatic N) is 4. The van der Waals surface area contributed by atoms with Crippen LogP contribution in [0.25, 0.3) is 33.3 Å². The predicted molar refractivity (Wildman–Crippen MR) is 114 cm³/mol. The molecule has 2 aromatic heterocycles. The maximum Gasteiger partial charge on any atom is 0.165 e. The molecule has 142 valence electrons. The van der Waals surface area contributed by atoms with Gasteiger partial charge in [0.15, 0.2) is 11.5 Å². The van der Waals surface area contributed by atoms with Crippen LogP contribution in [0.4, 0.5) is 5.69 Å². The Morgan fingerprint density at radius 3 is 2.57 bits per heavy atom. The summed E-state index contributed by atoms with van der Waals surface area (Å²) in [5, 5.41) is 5.46. The molecule has 6 nitrogen and oxygen atoms in total. The van der Waals surface area contributed by atoms with Crippen LogP contribution >= 0.6 is 0 Å². The number of hydrogen-bond donors (Lipinski definition) is 1. The van der Waals surface area contributed by atoms with Crippen molar-refractivity contribution >= 4 is 27.6 Å². The molecule has 0 unspecified atom stereocenters. The van der Waals surface area contributed by atoms with Gasteiger partial charge in [-0.25, -0.2) is 15.0 Å². The Morgan fingerprint density at radius 2 is 1.82 bits per heavy atom. The molecule has 0 atom stereocenters. The van der Waals surface area contributed by atoms with E-state index in [1.807, 2.05) is 54.7 Å². The lowest BCUT2D eigenvalue weighted by Crippen LogP contribution is -2.21. The first-order chi connectivity index (χ1) is 13.7. The van der Waals surface area contributed by atoms with Gasteiger partial charge in [0.1, 0.15) is 5.75 Å². The molecule has 6 heteroatoms. The summed E-state index contributed by atoms with van der Waals surface area (Å²) in [6.07, 6.45) is 1.86. The fourth-order valence-corrected chi connectivity index (χ4v) is 3.15. The molecule has 0 spiro atoms. The number of anilines is 1. The van der Waals surface area contributed by atoms with E-state index in [4.69, 9.17) is 14.7 Å². The quantitative estimate of drug-likeness (QED) is 0.518. The van der Waals surface area contributed by atoms with E-state index in [0.717, 1.165) is 46.4 Å². The van der Waals surface area contributed by atoms with Crippen LogP contribution in [0.1, 0.15) is 0 Å². The third kappa shape index (κ3) is 3.59. The molecule has 0 amide bonds. The highest BCUT2D eigenvalue weighted by Gasteiger charge is 2.13. The third-order valence-corrected chi connectivity index (χ3v) is 4.63. The van der Waals surface area contributed by atoms with E-state index in [-0.39, 0.29) is 0 Å². The predicted octanol–water partition coefficient (Wildman–Crippen LogP) is 3.83. The number of methoxy groups -OCH3 is 1. The molecular weight excluding hydrogens is 350 g/mol. The number of benzene rings is 2. The van der Waals surface area contributed by atoms with Crippen LogP contribution in [0.3, 0.4) is 0 Å². The SMILES string of the molecule is COc1ccc2nc3nc(-c4ccccc4)ncc3c(NCCN(C)C)c2c1. The Kier molecular flexibility index (Phi) is 5.04. The second-order valence-electron chi connectivity index (χ2n) is 6.90. The molecule has 0 radical (unpaired) electrons. The summed E-state index contributed by atoms with van der Waals surface area (Å²) in [4.78, 5) is 16.3. The van der Waals surface area contributed by atoms with Gasteiger partial charge in [-0.3, -0.25) is 0 Å². The second kappa shape index (κ2) is 7.78. The van der Waals surface area contributed by atoms with Gasteiger partial charge in [0, 0.05) is 30.2 Å². The van der Waals surface area contributed by atoms with Crippen molar-refractivity contribution in [2.75, 3.05) is 39.6 Å². The lowest BCUT2D eigenvalue weighted by molar-refractivity contribution is 0.415. The van der Waals surface area contributed by atoms with Crippen LogP contribution in [-0.2, 0) is 0 Å². The summed E-state index contributed by atoms with van der Waals surface area (Å²) in [7, 11) is 5.79.